The lowest BCUT2D eigenvalue weighted by Gasteiger charge is -2.16. The number of hydrogen-bond donors (Lipinski definition) is 1. The summed E-state index contributed by atoms with van der Waals surface area (Å²) in [7, 11) is 3.10. The summed E-state index contributed by atoms with van der Waals surface area (Å²) in [5, 5.41) is 8.82. The fourth-order valence-electron chi connectivity index (χ4n) is 3.79. The number of methoxy groups -OCH3 is 2. The molecule has 0 amide bonds. The van der Waals surface area contributed by atoms with Crippen molar-refractivity contribution in [1.82, 2.24) is 0 Å². The monoisotopic (exact) mass is 516 g/mol. The highest BCUT2D eigenvalue weighted by Crippen LogP contribution is 2.23. The van der Waals surface area contributed by atoms with Gasteiger partial charge < -0.3 is 24.1 Å². The highest BCUT2D eigenvalue weighted by Gasteiger charge is 2.15. The summed E-state index contributed by atoms with van der Waals surface area (Å²) in [5.41, 5.74) is 4.38. The number of ether oxygens (including phenoxy) is 4. The Morgan fingerprint density at radius 2 is 1.26 bits per heavy atom. The Bertz CT molecular complexity index is 1150. The van der Waals surface area contributed by atoms with Crippen LogP contribution in [0.2, 0.25) is 0 Å². The number of carbonyl (C=O) groups excluding carboxylic acids is 1. The molecule has 3 aromatic rings. The first kappa shape index (κ1) is 28.9. The SMILES string of the molecule is COCC(COC)OC(=O)c1ccc(C#Cc2ccc(-c3ccc(OCCCCCCO)cc3)cc2)cc1. The van der Waals surface area contributed by atoms with Gasteiger partial charge in [0.2, 0.25) is 0 Å². The molecule has 0 aliphatic heterocycles. The molecule has 6 nitrogen and oxygen atoms in total. The van der Waals surface area contributed by atoms with Crippen LogP contribution >= 0.6 is 0 Å². The lowest BCUT2D eigenvalue weighted by Crippen LogP contribution is -2.27. The molecule has 3 rings (SSSR count). The minimum Gasteiger partial charge on any atom is -0.494 e. The van der Waals surface area contributed by atoms with Crippen molar-refractivity contribution in [2.45, 2.75) is 31.8 Å². The fraction of sp³-hybridized carbons (Fsp3) is 0.344. The Morgan fingerprint density at radius 3 is 1.82 bits per heavy atom. The molecule has 1 N–H and O–H groups in total. The van der Waals surface area contributed by atoms with E-state index in [1.54, 1.807) is 38.5 Å². The van der Waals surface area contributed by atoms with Crippen molar-refractivity contribution in [2.24, 2.45) is 0 Å². The van der Waals surface area contributed by atoms with Crippen LogP contribution in [0, 0.1) is 11.8 Å². The van der Waals surface area contributed by atoms with Gasteiger partial charge in [0.1, 0.15) is 11.9 Å². The molecule has 0 bridgehead atoms. The van der Waals surface area contributed by atoms with E-state index in [4.69, 9.17) is 24.1 Å². The molecule has 0 heterocycles. The summed E-state index contributed by atoms with van der Waals surface area (Å²) in [6.45, 7) is 1.49. The Labute approximate surface area is 225 Å². The Kier molecular flexibility index (Phi) is 12.4. The largest absolute Gasteiger partial charge is 0.494 e. The second-order valence-electron chi connectivity index (χ2n) is 8.85. The highest BCUT2D eigenvalue weighted by atomic mass is 16.6. The van der Waals surface area contributed by atoms with Gasteiger partial charge >= 0.3 is 5.97 Å². The third-order valence-electron chi connectivity index (χ3n) is 5.84. The molecule has 0 radical (unpaired) electrons. The topological polar surface area (TPSA) is 74.2 Å². The Morgan fingerprint density at radius 1 is 0.737 bits per heavy atom. The number of benzene rings is 3. The molecule has 6 heteroatoms. The van der Waals surface area contributed by atoms with E-state index >= 15 is 0 Å². The summed E-state index contributed by atoms with van der Waals surface area (Å²) >= 11 is 0. The maximum atomic E-state index is 12.4. The lowest BCUT2D eigenvalue weighted by atomic mass is 10.0. The number of rotatable bonds is 14. The van der Waals surface area contributed by atoms with Gasteiger partial charge in [0.15, 0.2) is 0 Å². The zero-order valence-corrected chi connectivity index (χ0v) is 22.2. The third kappa shape index (κ3) is 9.68. The smallest absolute Gasteiger partial charge is 0.338 e. The fourth-order valence-corrected chi connectivity index (χ4v) is 3.79. The molecule has 0 saturated heterocycles. The average Bonchev–Trinajstić information content (AvgIpc) is 2.95. The number of carbonyl (C=O) groups is 1. The second kappa shape index (κ2) is 16.3. The Balaban J connectivity index is 1.52. The minimum absolute atomic E-state index is 0.260. The van der Waals surface area contributed by atoms with Crippen LogP contribution in [0.5, 0.6) is 5.75 Å². The van der Waals surface area contributed by atoms with Crippen LogP contribution in [-0.2, 0) is 14.2 Å². The molecule has 0 fully saturated rings. The van der Waals surface area contributed by atoms with Gasteiger partial charge in [-0.1, -0.05) is 42.5 Å². The number of unbranched alkanes of at least 4 members (excludes halogenated alkanes) is 3. The maximum Gasteiger partial charge on any atom is 0.338 e. The Hall–Kier alpha value is -3.63. The first-order chi connectivity index (χ1) is 18.6. The zero-order valence-electron chi connectivity index (χ0n) is 22.2. The van der Waals surface area contributed by atoms with Gasteiger partial charge in [0, 0.05) is 32.0 Å². The molecular formula is C32H36O6. The molecular weight excluding hydrogens is 480 g/mol. The summed E-state index contributed by atoms with van der Waals surface area (Å²) < 4.78 is 21.4. The molecule has 0 unspecified atom stereocenters. The summed E-state index contributed by atoms with van der Waals surface area (Å²) in [6, 6.07) is 23.2. The third-order valence-corrected chi connectivity index (χ3v) is 5.84. The van der Waals surface area contributed by atoms with E-state index in [0.29, 0.717) is 12.2 Å². The summed E-state index contributed by atoms with van der Waals surface area (Å²) in [6.07, 6.45) is 3.50. The first-order valence-electron chi connectivity index (χ1n) is 12.9. The van der Waals surface area contributed by atoms with Gasteiger partial charge in [-0.15, -0.1) is 0 Å². The van der Waals surface area contributed by atoms with Gasteiger partial charge in [0.25, 0.3) is 0 Å². The summed E-state index contributed by atoms with van der Waals surface area (Å²) in [4.78, 5) is 12.4. The van der Waals surface area contributed by atoms with E-state index in [-0.39, 0.29) is 19.8 Å². The van der Waals surface area contributed by atoms with Gasteiger partial charge in [-0.05, 0) is 78.9 Å². The van der Waals surface area contributed by atoms with Crippen molar-refractivity contribution in [2.75, 3.05) is 40.6 Å². The first-order valence-corrected chi connectivity index (χ1v) is 12.9. The van der Waals surface area contributed by atoms with Crippen LogP contribution in [0.15, 0.2) is 72.8 Å². The normalized spacial score (nSPS) is 10.6. The predicted molar refractivity (Wildman–Crippen MR) is 148 cm³/mol. The van der Waals surface area contributed by atoms with E-state index in [0.717, 1.165) is 53.7 Å². The average molecular weight is 517 g/mol. The van der Waals surface area contributed by atoms with Crippen molar-refractivity contribution in [1.29, 1.82) is 0 Å². The minimum atomic E-state index is -0.454. The molecule has 0 aromatic heterocycles. The zero-order chi connectivity index (χ0) is 27.0. The number of hydrogen-bond acceptors (Lipinski definition) is 6. The van der Waals surface area contributed by atoms with Crippen LogP contribution < -0.4 is 4.74 Å². The standard InChI is InChI=1S/C32H36O6/c1-35-23-31(24-36-2)38-32(34)29-15-11-26(12-16-29)8-7-25-9-13-27(14-10-25)28-17-19-30(20-18-28)37-22-6-4-3-5-21-33/h9-20,31,33H,3-6,21-24H2,1-2H3. The number of aliphatic hydroxyl groups excluding tert-OH is 1. The maximum absolute atomic E-state index is 12.4. The number of aliphatic hydroxyl groups is 1. The molecule has 38 heavy (non-hydrogen) atoms. The van der Waals surface area contributed by atoms with Crippen LogP contribution in [0.1, 0.15) is 47.2 Å². The van der Waals surface area contributed by atoms with E-state index in [9.17, 15) is 4.79 Å². The molecule has 0 aliphatic carbocycles. The molecule has 0 saturated carbocycles. The predicted octanol–water partition coefficient (Wildman–Crippen LogP) is 5.50. The second-order valence-corrected chi connectivity index (χ2v) is 8.85. The quantitative estimate of drug-likeness (QED) is 0.173. The highest BCUT2D eigenvalue weighted by molar-refractivity contribution is 5.89. The van der Waals surface area contributed by atoms with Crippen molar-refractivity contribution < 1.29 is 28.8 Å². The number of esters is 1. The van der Waals surface area contributed by atoms with E-state index in [2.05, 4.69) is 36.1 Å². The van der Waals surface area contributed by atoms with Crippen LogP contribution in [0.25, 0.3) is 11.1 Å². The van der Waals surface area contributed by atoms with Crippen LogP contribution in [0.4, 0.5) is 0 Å². The molecule has 200 valence electrons. The van der Waals surface area contributed by atoms with Gasteiger partial charge in [0.05, 0.1) is 25.4 Å². The van der Waals surface area contributed by atoms with Crippen LogP contribution in [0.3, 0.4) is 0 Å². The van der Waals surface area contributed by atoms with Gasteiger partial charge in [-0.3, -0.25) is 0 Å². The van der Waals surface area contributed by atoms with Crippen molar-refractivity contribution in [3.05, 3.63) is 89.5 Å². The van der Waals surface area contributed by atoms with Crippen molar-refractivity contribution >= 4 is 5.97 Å². The van der Waals surface area contributed by atoms with E-state index in [1.807, 2.05) is 24.3 Å². The molecule has 3 aromatic carbocycles. The van der Waals surface area contributed by atoms with E-state index in [1.165, 1.54) is 0 Å². The van der Waals surface area contributed by atoms with Gasteiger partial charge in [-0.25, -0.2) is 4.79 Å². The van der Waals surface area contributed by atoms with Crippen molar-refractivity contribution in [3.8, 4) is 28.7 Å². The lowest BCUT2D eigenvalue weighted by molar-refractivity contribution is -0.0223. The van der Waals surface area contributed by atoms with Crippen LogP contribution in [-0.4, -0.2) is 57.8 Å². The molecule has 0 spiro atoms. The molecule has 0 aliphatic rings. The van der Waals surface area contributed by atoms with Gasteiger partial charge in [-0.2, -0.15) is 0 Å². The summed E-state index contributed by atoms with van der Waals surface area (Å²) in [5.74, 6) is 6.75. The van der Waals surface area contributed by atoms with Crippen molar-refractivity contribution in [3.63, 3.8) is 0 Å². The molecule has 0 atom stereocenters. The van der Waals surface area contributed by atoms with E-state index < -0.39 is 12.1 Å².